The topological polar surface area (TPSA) is 105 Å². The Kier molecular flexibility index (Phi) is 5.35. The molecular formula is C19H20N4O4. The minimum atomic E-state index is -0.575. The second-order valence-corrected chi connectivity index (χ2v) is 6.36. The van der Waals surface area contributed by atoms with Gasteiger partial charge in [-0.25, -0.2) is 0 Å². The van der Waals surface area contributed by atoms with Gasteiger partial charge in [0.05, 0.1) is 4.92 Å². The van der Waals surface area contributed by atoms with Crippen molar-refractivity contribution in [2.75, 3.05) is 22.1 Å². The molecule has 1 saturated heterocycles. The van der Waals surface area contributed by atoms with Crippen LogP contribution in [0.25, 0.3) is 0 Å². The minimum Gasteiger partial charge on any atom is -0.374 e. The lowest BCUT2D eigenvalue weighted by Crippen LogP contribution is -2.32. The van der Waals surface area contributed by atoms with Crippen molar-refractivity contribution in [2.24, 2.45) is 0 Å². The highest BCUT2D eigenvalue weighted by Gasteiger charge is 2.22. The monoisotopic (exact) mass is 368 g/mol. The van der Waals surface area contributed by atoms with Gasteiger partial charge < -0.3 is 15.5 Å². The molecule has 0 aromatic heterocycles. The van der Waals surface area contributed by atoms with E-state index in [9.17, 15) is 19.7 Å². The van der Waals surface area contributed by atoms with Gasteiger partial charge in [-0.2, -0.15) is 0 Å². The van der Waals surface area contributed by atoms with Gasteiger partial charge in [0.1, 0.15) is 6.04 Å². The van der Waals surface area contributed by atoms with E-state index in [0.717, 1.165) is 12.1 Å². The molecule has 1 aliphatic heterocycles. The van der Waals surface area contributed by atoms with E-state index in [-0.39, 0.29) is 17.5 Å². The summed E-state index contributed by atoms with van der Waals surface area (Å²) < 4.78 is 0. The van der Waals surface area contributed by atoms with Gasteiger partial charge in [-0.1, -0.05) is 12.1 Å². The van der Waals surface area contributed by atoms with Gasteiger partial charge in [-0.15, -0.1) is 0 Å². The Morgan fingerprint density at radius 2 is 1.93 bits per heavy atom. The van der Waals surface area contributed by atoms with Crippen molar-refractivity contribution < 1.29 is 14.5 Å². The van der Waals surface area contributed by atoms with Crippen LogP contribution in [0.1, 0.15) is 19.8 Å². The summed E-state index contributed by atoms with van der Waals surface area (Å²) in [5, 5.41) is 16.6. The minimum absolute atomic E-state index is 0.0867. The van der Waals surface area contributed by atoms with E-state index >= 15 is 0 Å². The first-order chi connectivity index (χ1) is 12.9. The van der Waals surface area contributed by atoms with Crippen molar-refractivity contribution in [3.05, 3.63) is 58.6 Å². The van der Waals surface area contributed by atoms with Crippen molar-refractivity contribution >= 4 is 34.6 Å². The van der Waals surface area contributed by atoms with Crippen LogP contribution in [0.5, 0.6) is 0 Å². The summed E-state index contributed by atoms with van der Waals surface area (Å²) in [6.45, 7) is 2.39. The van der Waals surface area contributed by atoms with E-state index in [4.69, 9.17) is 0 Å². The predicted molar refractivity (Wildman–Crippen MR) is 103 cm³/mol. The number of nitro benzene ring substituents is 1. The molecule has 0 bridgehead atoms. The molecule has 27 heavy (non-hydrogen) atoms. The summed E-state index contributed by atoms with van der Waals surface area (Å²) in [5.74, 6) is -0.221. The fraction of sp³-hybridized carbons (Fsp3) is 0.263. The lowest BCUT2D eigenvalue weighted by atomic mass is 10.2. The third kappa shape index (κ3) is 4.41. The molecule has 2 amide bonds. The molecule has 0 radical (unpaired) electrons. The summed E-state index contributed by atoms with van der Waals surface area (Å²) >= 11 is 0. The van der Waals surface area contributed by atoms with Gasteiger partial charge in [0.25, 0.3) is 5.69 Å². The third-order valence-corrected chi connectivity index (χ3v) is 4.33. The lowest BCUT2D eigenvalue weighted by Gasteiger charge is -2.19. The molecule has 0 aliphatic carbocycles. The maximum Gasteiger partial charge on any atom is 0.271 e. The van der Waals surface area contributed by atoms with Crippen molar-refractivity contribution in [1.29, 1.82) is 0 Å². The molecular weight excluding hydrogens is 348 g/mol. The van der Waals surface area contributed by atoms with Gasteiger partial charge in [0.2, 0.25) is 11.8 Å². The van der Waals surface area contributed by atoms with Crippen molar-refractivity contribution in [1.82, 2.24) is 0 Å². The Morgan fingerprint density at radius 3 is 2.63 bits per heavy atom. The van der Waals surface area contributed by atoms with E-state index in [0.29, 0.717) is 24.3 Å². The molecule has 0 saturated carbocycles. The number of carbonyl (C=O) groups is 2. The molecule has 1 aliphatic rings. The highest BCUT2D eigenvalue weighted by Crippen LogP contribution is 2.24. The molecule has 8 heteroatoms. The summed E-state index contributed by atoms with van der Waals surface area (Å²) in [7, 11) is 0. The number of hydrogen-bond acceptors (Lipinski definition) is 5. The van der Waals surface area contributed by atoms with Crippen LogP contribution in [0.3, 0.4) is 0 Å². The Balaban J connectivity index is 1.65. The third-order valence-electron chi connectivity index (χ3n) is 4.33. The van der Waals surface area contributed by atoms with Crippen LogP contribution in [0.4, 0.5) is 22.7 Å². The SMILES string of the molecule is C[C@H](Nc1cccc(N2CCCC2=O)c1)C(=O)Nc1cccc([N+](=O)[O-])c1. The number of carbonyl (C=O) groups excluding carboxylic acids is 2. The van der Waals surface area contributed by atoms with Crippen LogP contribution < -0.4 is 15.5 Å². The highest BCUT2D eigenvalue weighted by molar-refractivity contribution is 5.97. The van der Waals surface area contributed by atoms with Crippen LogP contribution in [-0.4, -0.2) is 29.3 Å². The second-order valence-electron chi connectivity index (χ2n) is 6.36. The Labute approximate surface area is 156 Å². The van der Waals surface area contributed by atoms with Gasteiger partial charge in [0.15, 0.2) is 0 Å². The zero-order chi connectivity index (χ0) is 19.4. The molecule has 8 nitrogen and oxygen atoms in total. The largest absolute Gasteiger partial charge is 0.374 e. The standard InChI is InChI=1S/C19H20N4O4/c1-13(19(25)21-15-6-3-8-17(12-15)23(26)27)20-14-5-2-7-16(11-14)22-10-4-9-18(22)24/h2-3,5-8,11-13,20H,4,9-10H2,1H3,(H,21,25)/t13-/m0/s1. The van der Waals surface area contributed by atoms with E-state index in [1.807, 2.05) is 24.3 Å². The van der Waals surface area contributed by atoms with Crippen LogP contribution in [0.2, 0.25) is 0 Å². The number of hydrogen-bond donors (Lipinski definition) is 2. The first kappa shape index (κ1) is 18.4. The number of non-ortho nitro benzene ring substituents is 1. The molecule has 0 unspecified atom stereocenters. The normalized spacial score (nSPS) is 14.7. The first-order valence-electron chi connectivity index (χ1n) is 8.66. The molecule has 3 rings (SSSR count). The Hall–Kier alpha value is -3.42. The fourth-order valence-corrected chi connectivity index (χ4v) is 2.95. The Morgan fingerprint density at radius 1 is 1.19 bits per heavy atom. The summed E-state index contributed by atoms with van der Waals surface area (Å²) in [6, 6.07) is 12.6. The highest BCUT2D eigenvalue weighted by atomic mass is 16.6. The zero-order valence-electron chi connectivity index (χ0n) is 14.8. The molecule has 0 spiro atoms. The van der Waals surface area contributed by atoms with E-state index in [2.05, 4.69) is 10.6 Å². The number of nitrogens with zero attached hydrogens (tertiary/aromatic N) is 2. The zero-order valence-corrected chi connectivity index (χ0v) is 14.8. The van der Waals surface area contributed by atoms with Gasteiger partial charge in [-0.05, 0) is 37.6 Å². The van der Waals surface area contributed by atoms with E-state index in [1.165, 1.54) is 18.2 Å². The summed E-state index contributed by atoms with van der Waals surface area (Å²) in [5.41, 5.74) is 1.79. The number of rotatable bonds is 6. The molecule has 2 N–H and O–H groups in total. The van der Waals surface area contributed by atoms with Gasteiger partial charge in [-0.3, -0.25) is 19.7 Å². The maximum atomic E-state index is 12.4. The molecule has 2 aromatic carbocycles. The summed E-state index contributed by atoms with van der Waals surface area (Å²) in [4.78, 5) is 36.3. The summed E-state index contributed by atoms with van der Waals surface area (Å²) in [6.07, 6.45) is 1.40. The van der Waals surface area contributed by atoms with Crippen molar-refractivity contribution in [2.45, 2.75) is 25.8 Å². The first-order valence-corrected chi connectivity index (χ1v) is 8.66. The average molecular weight is 368 g/mol. The fourth-order valence-electron chi connectivity index (χ4n) is 2.95. The maximum absolute atomic E-state index is 12.4. The van der Waals surface area contributed by atoms with E-state index < -0.39 is 11.0 Å². The van der Waals surface area contributed by atoms with Gasteiger partial charge >= 0.3 is 0 Å². The number of nitrogens with one attached hydrogen (secondary N) is 2. The molecule has 1 atom stereocenters. The van der Waals surface area contributed by atoms with E-state index in [1.54, 1.807) is 17.9 Å². The van der Waals surface area contributed by atoms with Crippen LogP contribution in [-0.2, 0) is 9.59 Å². The van der Waals surface area contributed by atoms with Crippen LogP contribution in [0, 0.1) is 10.1 Å². The van der Waals surface area contributed by atoms with Crippen molar-refractivity contribution in [3.8, 4) is 0 Å². The quantitative estimate of drug-likeness (QED) is 0.602. The van der Waals surface area contributed by atoms with Crippen LogP contribution in [0.15, 0.2) is 48.5 Å². The Bertz CT molecular complexity index is 884. The smallest absolute Gasteiger partial charge is 0.271 e. The van der Waals surface area contributed by atoms with Crippen molar-refractivity contribution in [3.63, 3.8) is 0 Å². The predicted octanol–water partition coefficient (Wildman–Crippen LogP) is 3.16. The molecule has 140 valence electrons. The molecule has 1 fully saturated rings. The number of benzene rings is 2. The second kappa shape index (κ2) is 7.86. The molecule has 1 heterocycles. The molecule has 2 aromatic rings. The van der Waals surface area contributed by atoms with Gasteiger partial charge in [0, 0.05) is 42.2 Å². The number of anilines is 3. The van der Waals surface area contributed by atoms with Crippen LogP contribution >= 0.6 is 0 Å². The number of nitro groups is 1. The lowest BCUT2D eigenvalue weighted by molar-refractivity contribution is -0.384. The number of amides is 2. The average Bonchev–Trinajstić information content (AvgIpc) is 3.08.